The highest BCUT2D eigenvalue weighted by atomic mass is 16.2. The Morgan fingerprint density at radius 2 is 1.50 bits per heavy atom. The zero-order valence-corrected chi connectivity index (χ0v) is 16.4. The Morgan fingerprint density at radius 3 is 2.14 bits per heavy atom. The fraction of sp³-hybridized carbons (Fsp3) is 0.591. The number of likely N-dealkylation sites (tertiary alicyclic amines) is 1. The van der Waals surface area contributed by atoms with Crippen LogP contribution < -0.4 is 5.32 Å². The van der Waals surface area contributed by atoms with Crippen molar-refractivity contribution in [1.29, 1.82) is 0 Å². The van der Waals surface area contributed by atoms with Crippen LogP contribution in [0.3, 0.4) is 0 Å². The molecule has 150 valence electrons. The number of urea groups is 1. The molecule has 3 fully saturated rings. The van der Waals surface area contributed by atoms with Crippen LogP contribution in [0.1, 0.15) is 73.7 Å². The second kappa shape index (κ2) is 7.94. The summed E-state index contributed by atoms with van der Waals surface area (Å²) >= 11 is 0. The molecule has 6 heteroatoms. The van der Waals surface area contributed by atoms with E-state index in [4.69, 9.17) is 0 Å². The third-order valence-electron chi connectivity index (χ3n) is 6.39. The van der Waals surface area contributed by atoms with Gasteiger partial charge in [0, 0.05) is 18.7 Å². The standard InChI is InChI=1S/C22H29N3O3/c26-19(24-14-6-7-15-24)18-10-8-17(9-11-18)16-25-20(27)22(23-21(25)28)12-4-2-1-3-5-13-22/h8-11H,1-7,12-16H2,(H,23,28). The largest absolute Gasteiger partial charge is 0.339 e. The molecule has 2 heterocycles. The molecular formula is C22H29N3O3. The zero-order valence-electron chi connectivity index (χ0n) is 16.4. The normalized spacial score (nSPS) is 22.3. The van der Waals surface area contributed by atoms with E-state index in [1.807, 2.05) is 17.0 Å². The Bertz CT molecular complexity index is 745. The number of hydrogen-bond acceptors (Lipinski definition) is 3. The van der Waals surface area contributed by atoms with Gasteiger partial charge in [-0.3, -0.25) is 14.5 Å². The Hall–Kier alpha value is -2.37. The maximum absolute atomic E-state index is 13.1. The maximum Gasteiger partial charge on any atom is 0.325 e. The van der Waals surface area contributed by atoms with Crippen molar-refractivity contribution in [1.82, 2.24) is 15.1 Å². The second-order valence-electron chi connectivity index (χ2n) is 8.37. The van der Waals surface area contributed by atoms with Gasteiger partial charge in [-0.1, -0.05) is 44.2 Å². The lowest BCUT2D eigenvalue weighted by atomic mass is 9.84. The van der Waals surface area contributed by atoms with Crippen molar-refractivity contribution in [3.8, 4) is 0 Å². The van der Waals surface area contributed by atoms with E-state index in [1.165, 1.54) is 11.3 Å². The Labute approximate surface area is 166 Å². The molecule has 2 saturated heterocycles. The zero-order chi connectivity index (χ0) is 19.6. The predicted octanol–water partition coefficient (Wildman–Crippen LogP) is 3.46. The molecule has 0 bridgehead atoms. The van der Waals surface area contributed by atoms with Crippen molar-refractivity contribution in [3.63, 3.8) is 0 Å². The van der Waals surface area contributed by atoms with Gasteiger partial charge in [-0.25, -0.2) is 4.79 Å². The summed E-state index contributed by atoms with van der Waals surface area (Å²) in [6.45, 7) is 1.90. The van der Waals surface area contributed by atoms with Crippen molar-refractivity contribution >= 4 is 17.8 Å². The first-order chi connectivity index (χ1) is 13.6. The lowest BCUT2D eigenvalue weighted by molar-refractivity contribution is -0.132. The number of amides is 4. The number of nitrogens with zero attached hydrogens (tertiary/aromatic N) is 2. The predicted molar refractivity (Wildman–Crippen MR) is 106 cm³/mol. The smallest absolute Gasteiger partial charge is 0.325 e. The van der Waals surface area contributed by atoms with Gasteiger partial charge in [0.1, 0.15) is 5.54 Å². The molecule has 6 nitrogen and oxygen atoms in total. The molecule has 4 amide bonds. The molecule has 3 aliphatic rings. The van der Waals surface area contributed by atoms with Gasteiger partial charge in [0.2, 0.25) is 0 Å². The van der Waals surface area contributed by atoms with Crippen LogP contribution in [-0.4, -0.2) is 46.3 Å². The molecular weight excluding hydrogens is 354 g/mol. The van der Waals surface area contributed by atoms with Gasteiger partial charge in [-0.2, -0.15) is 0 Å². The summed E-state index contributed by atoms with van der Waals surface area (Å²) in [7, 11) is 0. The molecule has 0 aromatic heterocycles. The summed E-state index contributed by atoms with van der Waals surface area (Å²) in [6, 6.07) is 7.03. The average Bonchev–Trinajstić information content (AvgIpc) is 3.29. The van der Waals surface area contributed by atoms with Crippen LogP contribution in [0.2, 0.25) is 0 Å². The minimum atomic E-state index is -0.705. The average molecular weight is 383 g/mol. The number of rotatable bonds is 3. The minimum Gasteiger partial charge on any atom is -0.339 e. The third kappa shape index (κ3) is 3.64. The Balaban J connectivity index is 1.44. The van der Waals surface area contributed by atoms with E-state index in [0.717, 1.165) is 70.0 Å². The van der Waals surface area contributed by atoms with Crippen molar-refractivity contribution in [3.05, 3.63) is 35.4 Å². The molecule has 0 atom stereocenters. The fourth-order valence-electron chi connectivity index (χ4n) is 4.71. The van der Waals surface area contributed by atoms with Crippen LogP contribution in [0.15, 0.2) is 24.3 Å². The molecule has 1 saturated carbocycles. The van der Waals surface area contributed by atoms with Gasteiger partial charge in [0.15, 0.2) is 0 Å². The lowest BCUT2D eigenvalue weighted by Gasteiger charge is -2.28. The molecule has 1 aromatic carbocycles. The monoisotopic (exact) mass is 383 g/mol. The first kappa shape index (κ1) is 19.0. The summed E-state index contributed by atoms with van der Waals surface area (Å²) < 4.78 is 0. The summed E-state index contributed by atoms with van der Waals surface area (Å²) in [5, 5.41) is 3.00. The highest BCUT2D eigenvalue weighted by Gasteiger charge is 2.50. The van der Waals surface area contributed by atoms with Gasteiger partial charge in [-0.05, 0) is 43.4 Å². The van der Waals surface area contributed by atoms with E-state index < -0.39 is 5.54 Å². The molecule has 28 heavy (non-hydrogen) atoms. The van der Waals surface area contributed by atoms with Crippen molar-refractivity contribution in [2.75, 3.05) is 13.1 Å². The van der Waals surface area contributed by atoms with E-state index in [0.29, 0.717) is 5.56 Å². The second-order valence-corrected chi connectivity index (χ2v) is 8.37. The summed E-state index contributed by atoms with van der Waals surface area (Å²) in [5.41, 5.74) is 0.826. The Kier molecular flexibility index (Phi) is 5.38. The van der Waals surface area contributed by atoms with Crippen LogP contribution in [0, 0.1) is 0 Å². The number of carbonyl (C=O) groups is 3. The van der Waals surface area contributed by atoms with E-state index >= 15 is 0 Å². The van der Waals surface area contributed by atoms with Crippen LogP contribution in [-0.2, 0) is 11.3 Å². The van der Waals surface area contributed by atoms with Gasteiger partial charge < -0.3 is 10.2 Å². The SMILES string of the molecule is O=C(c1ccc(CN2C(=O)NC3(CCCCCCC3)C2=O)cc1)N1CCCC1. The molecule has 1 N–H and O–H groups in total. The summed E-state index contributed by atoms with van der Waals surface area (Å²) in [5.74, 6) is -0.0239. The van der Waals surface area contributed by atoms with Crippen LogP contribution in [0.4, 0.5) is 4.79 Å². The van der Waals surface area contributed by atoms with Crippen LogP contribution >= 0.6 is 0 Å². The number of nitrogens with one attached hydrogen (secondary N) is 1. The molecule has 1 aromatic rings. The topological polar surface area (TPSA) is 69.7 Å². The van der Waals surface area contributed by atoms with Crippen molar-refractivity contribution in [2.24, 2.45) is 0 Å². The van der Waals surface area contributed by atoms with Crippen molar-refractivity contribution < 1.29 is 14.4 Å². The van der Waals surface area contributed by atoms with Crippen LogP contribution in [0.25, 0.3) is 0 Å². The quantitative estimate of drug-likeness (QED) is 0.813. The number of carbonyl (C=O) groups excluding carboxylic acids is 3. The summed E-state index contributed by atoms with van der Waals surface area (Å²) in [4.78, 5) is 41.3. The Morgan fingerprint density at radius 1 is 0.893 bits per heavy atom. The first-order valence-corrected chi connectivity index (χ1v) is 10.6. The van der Waals surface area contributed by atoms with E-state index in [9.17, 15) is 14.4 Å². The molecule has 0 unspecified atom stereocenters. The minimum absolute atomic E-state index is 0.0625. The highest BCUT2D eigenvalue weighted by molar-refractivity contribution is 6.07. The van der Waals surface area contributed by atoms with Gasteiger partial charge in [-0.15, -0.1) is 0 Å². The van der Waals surface area contributed by atoms with E-state index in [2.05, 4.69) is 5.32 Å². The number of hydrogen-bond donors (Lipinski definition) is 1. The molecule has 1 spiro atoms. The molecule has 1 aliphatic carbocycles. The first-order valence-electron chi connectivity index (χ1n) is 10.6. The molecule has 2 aliphatic heterocycles. The van der Waals surface area contributed by atoms with Gasteiger partial charge >= 0.3 is 6.03 Å². The maximum atomic E-state index is 13.1. The van der Waals surface area contributed by atoms with Gasteiger partial charge in [0.25, 0.3) is 11.8 Å². The highest BCUT2D eigenvalue weighted by Crippen LogP contribution is 2.32. The molecule has 0 radical (unpaired) electrons. The summed E-state index contributed by atoms with van der Waals surface area (Å²) in [6.07, 6.45) is 9.02. The van der Waals surface area contributed by atoms with Crippen molar-refractivity contribution in [2.45, 2.75) is 69.9 Å². The third-order valence-corrected chi connectivity index (χ3v) is 6.39. The fourth-order valence-corrected chi connectivity index (χ4v) is 4.71. The number of imide groups is 1. The van der Waals surface area contributed by atoms with E-state index in [-0.39, 0.29) is 24.4 Å². The van der Waals surface area contributed by atoms with Gasteiger partial charge in [0.05, 0.1) is 6.54 Å². The van der Waals surface area contributed by atoms with E-state index in [1.54, 1.807) is 12.1 Å². The lowest BCUT2D eigenvalue weighted by Crippen LogP contribution is -2.47. The van der Waals surface area contributed by atoms with Crippen LogP contribution in [0.5, 0.6) is 0 Å². The number of benzene rings is 1. The molecule has 4 rings (SSSR count).